The van der Waals surface area contributed by atoms with Gasteiger partial charge in [-0.2, -0.15) is 0 Å². The van der Waals surface area contributed by atoms with Crippen LogP contribution in [0.25, 0.3) is 0 Å². The van der Waals surface area contributed by atoms with Crippen LogP contribution in [-0.2, 0) is 11.2 Å². The molecule has 0 fully saturated rings. The van der Waals surface area contributed by atoms with Crippen molar-refractivity contribution in [1.29, 1.82) is 5.41 Å². The fraction of sp³-hybridized carbons (Fsp3) is 0.632. The van der Waals surface area contributed by atoms with Crippen molar-refractivity contribution < 1.29 is 9.90 Å². The van der Waals surface area contributed by atoms with Crippen LogP contribution < -0.4 is 10.6 Å². The summed E-state index contributed by atoms with van der Waals surface area (Å²) in [4.78, 5) is 15.1. The van der Waals surface area contributed by atoms with Crippen LogP contribution in [0.2, 0.25) is 0 Å². The Morgan fingerprint density at radius 1 is 1.20 bits per heavy atom. The van der Waals surface area contributed by atoms with Gasteiger partial charge in [0.25, 0.3) is 0 Å². The largest absolute Gasteiger partial charge is 0.481 e. The number of hydrogen-bond donors (Lipinski definition) is 4. The summed E-state index contributed by atoms with van der Waals surface area (Å²) in [6.45, 7) is 7.41. The molecule has 2 atom stereocenters. The van der Waals surface area contributed by atoms with Crippen molar-refractivity contribution in [3.8, 4) is 0 Å². The first-order valence-electron chi connectivity index (χ1n) is 9.08. The SMILES string of the molecule is CC(CCc1ccncc1)CNC(=N)NCCCC(C(=O)O)C(C)C. The molecule has 0 aliphatic heterocycles. The molecule has 0 saturated carbocycles. The molecule has 0 aliphatic rings. The Kier molecular flexibility index (Phi) is 9.58. The van der Waals surface area contributed by atoms with Crippen molar-refractivity contribution in [2.75, 3.05) is 13.1 Å². The number of aryl methyl sites for hydroxylation is 1. The number of guanidine groups is 1. The Labute approximate surface area is 151 Å². The van der Waals surface area contributed by atoms with E-state index in [1.807, 2.05) is 38.4 Å². The highest BCUT2D eigenvalue weighted by molar-refractivity contribution is 5.76. The summed E-state index contributed by atoms with van der Waals surface area (Å²) in [5.74, 6) is -0.125. The Morgan fingerprint density at radius 2 is 1.88 bits per heavy atom. The number of rotatable bonds is 11. The monoisotopic (exact) mass is 348 g/mol. The van der Waals surface area contributed by atoms with Crippen LogP contribution in [0.3, 0.4) is 0 Å². The summed E-state index contributed by atoms with van der Waals surface area (Å²) in [5, 5.41) is 23.1. The molecular formula is C19H32N4O2. The number of pyridine rings is 1. The van der Waals surface area contributed by atoms with Gasteiger partial charge in [-0.15, -0.1) is 0 Å². The fourth-order valence-corrected chi connectivity index (χ4v) is 2.68. The van der Waals surface area contributed by atoms with E-state index in [1.54, 1.807) is 0 Å². The molecule has 4 N–H and O–H groups in total. The minimum Gasteiger partial charge on any atom is -0.481 e. The molecule has 0 amide bonds. The zero-order valence-corrected chi connectivity index (χ0v) is 15.6. The van der Waals surface area contributed by atoms with Crippen molar-refractivity contribution >= 4 is 11.9 Å². The zero-order chi connectivity index (χ0) is 18.7. The maximum absolute atomic E-state index is 11.1. The van der Waals surface area contributed by atoms with Gasteiger partial charge in [0.15, 0.2) is 5.96 Å². The molecule has 0 bridgehead atoms. The van der Waals surface area contributed by atoms with Crippen LogP contribution in [0.15, 0.2) is 24.5 Å². The number of aliphatic carboxylic acids is 1. The summed E-state index contributed by atoms with van der Waals surface area (Å²) < 4.78 is 0. The molecule has 1 heterocycles. The summed E-state index contributed by atoms with van der Waals surface area (Å²) in [6.07, 6.45) is 7.07. The van der Waals surface area contributed by atoms with Crippen LogP contribution in [0.5, 0.6) is 0 Å². The molecule has 0 spiro atoms. The van der Waals surface area contributed by atoms with Gasteiger partial charge in [0.05, 0.1) is 5.92 Å². The number of aromatic nitrogens is 1. The standard InChI is InChI=1S/C19H32N4O2/c1-14(2)17(18(24)25)5-4-10-22-19(20)23-13-15(3)6-7-16-8-11-21-12-9-16/h8-9,11-12,14-15,17H,4-7,10,13H2,1-3H3,(H,24,25)(H3,20,22,23). The lowest BCUT2D eigenvalue weighted by Gasteiger charge is -2.17. The highest BCUT2D eigenvalue weighted by Gasteiger charge is 2.20. The number of carboxylic acid groups (broad SMARTS) is 1. The second-order valence-electron chi connectivity index (χ2n) is 7.01. The van der Waals surface area contributed by atoms with Gasteiger partial charge in [0.1, 0.15) is 0 Å². The van der Waals surface area contributed by atoms with Crippen LogP contribution in [0, 0.1) is 23.2 Å². The smallest absolute Gasteiger partial charge is 0.306 e. The lowest BCUT2D eigenvalue weighted by atomic mass is 9.91. The van der Waals surface area contributed by atoms with Crippen LogP contribution in [0.4, 0.5) is 0 Å². The molecule has 1 aromatic rings. The first kappa shape index (κ1) is 20.9. The predicted molar refractivity (Wildman–Crippen MR) is 101 cm³/mol. The van der Waals surface area contributed by atoms with Gasteiger partial charge >= 0.3 is 5.97 Å². The van der Waals surface area contributed by atoms with Crippen molar-refractivity contribution in [3.63, 3.8) is 0 Å². The molecule has 1 aromatic heterocycles. The van der Waals surface area contributed by atoms with Gasteiger partial charge in [-0.3, -0.25) is 15.2 Å². The lowest BCUT2D eigenvalue weighted by Crippen LogP contribution is -2.39. The van der Waals surface area contributed by atoms with E-state index in [0.29, 0.717) is 24.8 Å². The summed E-state index contributed by atoms with van der Waals surface area (Å²) in [6, 6.07) is 4.07. The third-order valence-corrected chi connectivity index (χ3v) is 4.42. The summed E-state index contributed by atoms with van der Waals surface area (Å²) in [7, 11) is 0. The minimum atomic E-state index is -0.730. The van der Waals surface area contributed by atoms with Crippen molar-refractivity contribution in [2.24, 2.45) is 17.8 Å². The second-order valence-corrected chi connectivity index (χ2v) is 7.01. The first-order chi connectivity index (χ1) is 11.9. The van der Waals surface area contributed by atoms with Gasteiger partial charge in [0, 0.05) is 25.5 Å². The molecule has 140 valence electrons. The quantitative estimate of drug-likeness (QED) is 0.280. The van der Waals surface area contributed by atoms with E-state index in [0.717, 1.165) is 25.8 Å². The molecule has 6 heteroatoms. The third-order valence-electron chi connectivity index (χ3n) is 4.42. The first-order valence-corrected chi connectivity index (χ1v) is 9.08. The maximum Gasteiger partial charge on any atom is 0.306 e. The second kappa shape index (κ2) is 11.4. The fourth-order valence-electron chi connectivity index (χ4n) is 2.68. The molecule has 25 heavy (non-hydrogen) atoms. The molecular weight excluding hydrogens is 316 g/mol. The van der Waals surface area contributed by atoms with E-state index in [4.69, 9.17) is 10.5 Å². The van der Waals surface area contributed by atoms with Crippen molar-refractivity contribution in [3.05, 3.63) is 30.1 Å². The van der Waals surface area contributed by atoms with Crippen LogP contribution >= 0.6 is 0 Å². The Bertz CT molecular complexity index is 519. The Hall–Kier alpha value is -2.11. The van der Waals surface area contributed by atoms with E-state index in [1.165, 1.54) is 5.56 Å². The van der Waals surface area contributed by atoms with E-state index in [-0.39, 0.29) is 11.8 Å². The molecule has 0 aromatic carbocycles. The van der Waals surface area contributed by atoms with Gasteiger partial charge in [0.2, 0.25) is 0 Å². The zero-order valence-electron chi connectivity index (χ0n) is 15.6. The van der Waals surface area contributed by atoms with E-state index < -0.39 is 5.97 Å². The topological polar surface area (TPSA) is 98.1 Å². The van der Waals surface area contributed by atoms with E-state index >= 15 is 0 Å². The molecule has 1 rings (SSSR count). The van der Waals surface area contributed by atoms with Gasteiger partial charge in [-0.05, 0) is 55.2 Å². The minimum absolute atomic E-state index is 0.135. The van der Waals surface area contributed by atoms with E-state index in [9.17, 15) is 4.79 Å². The molecule has 6 nitrogen and oxygen atoms in total. The lowest BCUT2D eigenvalue weighted by molar-refractivity contribution is -0.143. The maximum atomic E-state index is 11.1. The Morgan fingerprint density at radius 3 is 2.48 bits per heavy atom. The summed E-state index contributed by atoms with van der Waals surface area (Å²) in [5.41, 5.74) is 1.29. The average molecular weight is 348 g/mol. The number of hydrogen-bond acceptors (Lipinski definition) is 3. The summed E-state index contributed by atoms with van der Waals surface area (Å²) >= 11 is 0. The molecule has 0 aliphatic carbocycles. The highest BCUT2D eigenvalue weighted by atomic mass is 16.4. The average Bonchev–Trinajstić information content (AvgIpc) is 2.58. The van der Waals surface area contributed by atoms with Gasteiger partial charge in [-0.1, -0.05) is 20.8 Å². The molecule has 2 unspecified atom stereocenters. The number of carbonyl (C=O) groups is 1. The Balaban J connectivity index is 2.12. The predicted octanol–water partition coefficient (Wildman–Crippen LogP) is 2.90. The number of nitrogens with zero attached hydrogens (tertiary/aromatic N) is 1. The molecule has 0 radical (unpaired) electrons. The van der Waals surface area contributed by atoms with Crippen molar-refractivity contribution in [2.45, 2.75) is 46.5 Å². The van der Waals surface area contributed by atoms with Gasteiger partial charge < -0.3 is 15.7 Å². The highest BCUT2D eigenvalue weighted by Crippen LogP contribution is 2.16. The normalized spacial score (nSPS) is 13.3. The molecule has 0 saturated heterocycles. The van der Waals surface area contributed by atoms with Crippen molar-refractivity contribution in [1.82, 2.24) is 15.6 Å². The van der Waals surface area contributed by atoms with Gasteiger partial charge in [-0.25, -0.2) is 0 Å². The van der Waals surface area contributed by atoms with Crippen LogP contribution in [-0.4, -0.2) is 35.1 Å². The number of carboxylic acids is 1. The third kappa shape index (κ3) is 9.08. The number of nitrogens with one attached hydrogen (secondary N) is 3. The van der Waals surface area contributed by atoms with Crippen LogP contribution in [0.1, 0.15) is 45.6 Å². The van der Waals surface area contributed by atoms with E-state index in [2.05, 4.69) is 22.5 Å².